The zero-order valence-electron chi connectivity index (χ0n) is 12.1. The van der Waals surface area contributed by atoms with Crippen LogP contribution in [0.15, 0.2) is 12.1 Å². The summed E-state index contributed by atoms with van der Waals surface area (Å²) >= 11 is 0. The van der Waals surface area contributed by atoms with E-state index in [1.807, 2.05) is 0 Å². The second-order valence-electron chi connectivity index (χ2n) is 5.01. The van der Waals surface area contributed by atoms with Crippen molar-refractivity contribution < 1.29 is 13.5 Å². The molecule has 0 saturated heterocycles. The third-order valence-corrected chi connectivity index (χ3v) is 3.68. The van der Waals surface area contributed by atoms with E-state index in [0.29, 0.717) is 17.9 Å². The molecule has 1 aromatic carbocycles. The maximum atomic E-state index is 13.7. The fourth-order valence-electron chi connectivity index (χ4n) is 2.46. The van der Waals surface area contributed by atoms with Crippen molar-refractivity contribution in [1.29, 1.82) is 0 Å². The van der Waals surface area contributed by atoms with Gasteiger partial charge in [-0.05, 0) is 30.4 Å². The molecule has 1 unspecified atom stereocenters. The predicted octanol–water partition coefficient (Wildman–Crippen LogP) is 5.12. The van der Waals surface area contributed by atoms with Crippen molar-refractivity contribution in [2.75, 3.05) is 7.11 Å². The molecule has 0 heterocycles. The Hall–Kier alpha value is -1.12. The van der Waals surface area contributed by atoms with Crippen LogP contribution in [0.5, 0.6) is 5.75 Å². The Labute approximate surface area is 115 Å². The molecule has 0 spiro atoms. The number of halogens is 2. The molecule has 0 bridgehead atoms. The molecule has 1 atom stereocenters. The average molecular weight is 270 g/mol. The molecule has 0 aliphatic rings. The monoisotopic (exact) mass is 270 g/mol. The second kappa shape index (κ2) is 8.13. The van der Waals surface area contributed by atoms with Crippen LogP contribution < -0.4 is 4.74 Å². The summed E-state index contributed by atoms with van der Waals surface area (Å²) in [6.07, 6.45) is 6.14. The molecular weight excluding hydrogens is 246 g/mol. The van der Waals surface area contributed by atoms with E-state index in [1.54, 1.807) is 6.07 Å². The van der Waals surface area contributed by atoms with Crippen LogP contribution in [0.1, 0.15) is 51.5 Å². The Balaban J connectivity index is 2.56. The zero-order valence-corrected chi connectivity index (χ0v) is 12.1. The summed E-state index contributed by atoms with van der Waals surface area (Å²) < 4.78 is 32.0. The third kappa shape index (κ3) is 4.48. The maximum Gasteiger partial charge on any atom is 0.200 e. The number of hydrogen-bond acceptors (Lipinski definition) is 1. The van der Waals surface area contributed by atoms with Gasteiger partial charge >= 0.3 is 0 Å². The first-order chi connectivity index (χ1) is 9.13. The molecule has 0 N–H and O–H groups in total. The van der Waals surface area contributed by atoms with E-state index in [-0.39, 0.29) is 5.75 Å². The van der Waals surface area contributed by atoms with Crippen LogP contribution in [0, 0.1) is 17.6 Å². The van der Waals surface area contributed by atoms with Gasteiger partial charge in [0.05, 0.1) is 7.11 Å². The number of methoxy groups -OCH3 is 1. The van der Waals surface area contributed by atoms with Gasteiger partial charge < -0.3 is 4.74 Å². The van der Waals surface area contributed by atoms with Gasteiger partial charge in [0.25, 0.3) is 0 Å². The Morgan fingerprint density at radius 1 is 1.11 bits per heavy atom. The molecule has 0 saturated carbocycles. The maximum absolute atomic E-state index is 13.7. The second-order valence-corrected chi connectivity index (χ2v) is 5.01. The lowest BCUT2D eigenvalue weighted by Crippen LogP contribution is -2.02. The summed E-state index contributed by atoms with van der Waals surface area (Å²) in [5.41, 5.74) is 0.449. The Morgan fingerprint density at radius 2 is 1.84 bits per heavy atom. The van der Waals surface area contributed by atoms with Crippen molar-refractivity contribution in [3.8, 4) is 5.75 Å². The van der Waals surface area contributed by atoms with Crippen LogP contribution in [0.2, 0.25) is 0 Å². The van der Waals surface area contributed by atoms with Gasteiger partial charge in [-0.15, -0.1) is 0 Å². The van der Waals surface area contributed by atoms with Gasteiger partial charge in [0.1, 0.15) is 0 Å². The van der Waals surface area contributed by atoms with Crippen molar-refractivity contribution in [1.82, 2.24) is 0 Å². The summed E-state index contributed by atoms with van der Waals surface area (Å²) in [5, 5.41) is 0. The van der Waals surface area contributed by atoms with E-state index < -0.39 is 11.6 Å². The highest BCUT2D eigenvalue weighted by molar-refractivity contribution is 5.31. The molecule has 0 aliphatic carbocycles. The minimum atomic E-state index is -0.874. The molecular formula is C16H24F2O. The number of aryl methyl sites for hydroxylation is 1. The van der Waals surface area contributed by atoms with E-state index in [2.05, 4.69) is 13.8 Å². The van der Waals surface area contributed by atoms with E-state index >= 15 is 0 Å². The van der Waals surface area contributed by atoms with E-state index in [0.717, 1.165) is 19.3 Å². The lowest BCUT2D eigenvalue weighted by molar-refractivity contribution is 0.369. The fraction of sp³-hybridized carbons (Fsp3) is 0.625. The van der Waals surface area contributed by atoms with Crippen LogP contribution in [0.25, 0.3) is 0 Å². The largest absolute Gasteiger partial charge is 0.494 e. The number of hydrogen-bond donors (Lipinski definition) is 0. The van der Waals surface area contributed by atoms with Crippen LogP contribution in [-0.2, 0) is 6.42 Å². The van der Waals surface area contributed by atoms with Crippen molar-refractivity contribution in [2.24, 2.45) is 5.92 Å². The zero-order chi connectivity index (χ0) is 14.3. The van der Waals surface area contributed by atoms with E-state index in [4.69, 9.17) is 4.74 Å². The molecule has 0 aliphatic heterocycles. The molecule has 19 heavy (non-hydrogen) atoms. The highest BCUT2D eigenvalue weighted by atomic mass is 19.2. The number of rotatable bonds is 8. The molecule has 1 nitrogen and oxygen atoms in total. The lowest BCUT2D eigenvalue weighted by Gasteiger charge is -2.13. The third-order valence-electron chi connectivity index (χ3n) is 3.68. The number of benzene rings is 1. The van der Waals surface area contributed by atoms with Crippen molar-refractivity contribution in [3.05, 3.63) is 29.3 Å². The predicted molar refractivity (Wildman–Crippen MR) is 74.5 cm³/mol. The Morgan fingerprint density at radius 3 is 2.42 bits per heavy atom. The standard InChI is InChI=1S/C16H24F2O/c1-4-7-12(5-2)8-6-9-13-10-11-14(19-3)16(18)15(13)17/h10-12H,4-9H2,1-3H3. The molecule has 0 radical (unpaired) electrons. The van der Waals surface area contributed by atoms with Gasteiger partial charge in [0.15, 0.2) is 11.6 Å². The normalized spacial score (nSPS) is 12.5. The van der Waals surface area contributed by atoms with Crippen LogP contribution in [-0.4, -0.2) is 7.11 Å². The van der Waals surface area contributed by atoms with Crippen molar-refractivity contribution >= 4 is 0 Å². The van der Waals surface area contributed by atoms with Gasteiger partial charge in [-0.2, -0.15) is 4.39 Å². The van der Waals surface area contributed by atoms with Gasteiger partial charge in [0.2, 0.25) is 5.82 Å². The molecule has 0 amide bonds. The minimum absolute atomic E-state index is 0.0290. The first-order valence-electron chi connectivity index (χ1n) is 7.14. The summed E-state index contributed by atoms with van der Waals surface area (Å²) in [6.45, 7) is 4.37. The number of ether oxygens (including phenoxy) is 1. The first-order valence-corrected chi connectivity index (χ1v) is 7.14. The summed E-state index contributed by atoms with van der Waals surface area (Å²) in [4.78, 5) is 0. The highest BCUT2D eigenvalue weighted by Crippen LogP contribution is 2.25. The molecule has 108 valence electrons. The van der Waals surface area contributed by atoms with Gasteiger partial charge in [0, 0.05) is 0 Å². The lowest BCUT2D eigenvalue weighted by atomic mass is 9.93. The van der Waals surface area contributed by atoms with E-state index in [9.17, 15) is 8.78 Å². The van der Waals surface area contributed by atoms with Crippen LogP contribution >= 0.6 is 0 Å². The van der Waals surface area contributed by atoms with Gasteiger partial charge in [-0.3, -0.25) is 0 Å². The first kappa shape index (κ1) is 15.9. The van der Waals surface area contributed by atoms with Gasteiger partial charge in [-0.1, -0.05) is 45.6 Å². The molecule has 0 aromatic heterocycles. The molecule has 1 rings (SSSR count). The van der Waals surface area contributed by atoms with Crippen molar-refractivity contribution in [3.63, 3.8) is 0 Å². The average Bonchev–Trinajstić information content (AvgIpc) is 2.42. The quantitative estimate of drug-likeness (QED) is 0.637. The van der Waals surface area contributed by atoms with Crippen LogP contribution in [0.3, 0.4) is 0 Å². The molecule has 1 aromatic rings. The Bertz CT molecular complexity index is 391. The Kier molecular flexibility index (Phi) is 6.82. The van der Waals surface area contributed by atoms with E-state index in [1.165, 1.54) is 26.0 Å². The molecule has 0 fully saturated rings. The summed E-state index contributed by atoms with van der Waals surface area (Å²) in [6, 6.07) is 3.12. The fourth-order valence-corrected chi connectivity index (χ4v) is 2.46. The smallest absolute Gasteiger partial charge is 0.200 e. The summed E-state index contributed by atoms with van der Waals surface area (Å²) in [7, 11) is 1.34. The van der Waals surface area contributed by atoms with Crippen molar-refractivity contribution in [2.45, 2.75) is 52.4 Å². The summed E-state index contributed by atoms with van der Waals surface area (Å²) in [5.74, 6) is -0.960. The molecule has 3 heteroatoms. The topological polar surface area (TPSA) is 9.23 Å². The van der Waals surface area contributed by atoms with Crippen LogP contribution in [0.4, 0.5) is 8.78 Å². The SMILES string of the molecule is CCCC(CC)CCCc1ccc(OC)c(F)c1F. The van der Waals surface area contributed by atoms with Gasteiger partial charge in [-0.25, -0.2) is 4.39 Å². The highest BCUT2D eigenvalue weighted by Gasteiger charge is 2.14. The minimum Gasteiger partial charge on any atom is -0.494 e.